The number of hydrogen-bond acceptors (Lipinski definition) is 5. The van der Waals surface area contributed by atoms with Crippen LogP contribution in [0.3, 0.4) is 0 Å². The van der Waals surface area contributed by atoms with Gasteiger partial charge in [-0.15, -0.1) is 0 Å². The van der Waals surface area contributed by atoms with Crippen LogP contribution in [-0.2, 0) is 10.0 Å². The Bertz CT molecular complexity index is 718. The van der Waals surface area contributed by atoms with E-state index in [1.807, 2.05) is 11.9 Å². The molecule has 1 aromatic carbocycles. The van der Waals surface area contributed by atoms with Crippen LogP contribution in [0.2, 0.25) is 0 Å². The summed E-state index contributed by atoms with van der Waals surface area (Å²) in [5, 5.41) is 9.41. The van der Waals surface area contributed by atoms with Crippen LogP contribution < -0.4 is 0 Å². The first-order chi connectivity index (χ1) is 11.4. The number of benzene rings is 1. The molecule has 0 aromatic heterocycles. The number of aliphatic hydroxyl groups is 1. The number of hydrogen-bond donors (Lipinski definition) is 1. The van der Waals surface area contributed by atoms with Crippen molar-refractivity contribution in [2.75, 3.05) is 46.4 Å². The zero-order chi connectivity index (χ0) is 17.3. The molecule has 2 fully saturated rings. The second-order valence-electron chi connectivity index (χ2n) is 6.35. The molecule has 2 aliphatic rings. The zero-order valence-corrected chi connectivity index (χ0v) is 14.6. The maximum atomic E-state index is 12.9. The second-order valence-corrected chi connectivity index (χ2v) is 8.29. The maximum absolute atomic E-state index is 12.9. The number of rotatable bonds is 4. The third kappa shape index (κ3) is 3.19. The predicted molar refractivity (Wildman–Crippen MR) is 89.2 cm³/mol. The molecule has 1 amide bonds. The smallest absolute Gasteiger partial charge is 0.253 e. The summed E-state index contributed by atoms with van der Waals surface area (Å²) in [4.78, 5) is 16.1. The van der Waals surface area contributed by atoms with Crippen LogP contribution in [0.15, 0.2) is 29.2 Å². The van der Waals surface area contributed by atoms with Gasteiger partial charge in [-0.3, -0.25) is 9.69 Å². The SMILES string of the molecule is CN1CCN(S(=O)(=O)c2cccc(C(=O)N3CCC3)c2)C[C@H]1CO. The molecule has 3 rings (SSSR count). The molecule has 8 heteroatoms. The monoisotopic (exact) mass is 353 g/mol. The Kier molecular flexibility index (Phi) is 4.91. The molecule has 0 unspecified atom stereocenters. The van der Waals surface area contributed by atoms with Crippen molar-refractivity contribution in [1.29, 1.82) is 0 Å². The summed E-state index contributed by atoms with van der Waals surface area (Å²) in [5.74, 6) is -0.120. The van der Waals surface area contributed by atoms with E-state index in [1.54, 1.807) is 17.0 Å². The topological polar surface area (TPSA) is 81.2 Å². The number of nitrogens with zero attached hydrogens (tertiary/aromatic N) is 3. The third-order valence-corrected chi connectivity index (χ3v) is 6.67. The number of amides is 1. The zero-order valence-electron chi connectivity index (χ0n) is 13.8. The Hall–Kier alpha value is -1.48. The number of carbonyl (C=O) groups is 1. The third-order valence-electron chi connectivity index (χ3n) is 4.81. The van der Waals surface area contributed by atoms with Gasteiger partial charge in [0.1, 0.15) is 0 Å². The van der Waals surface area contributed by atoms with E-state index < -0.39 is 10.0 Å². The first kappa shape index (κ1) is 17.3. The van der Waals surface area contributed by atoms with Crippen LogP contribution >= 0.6 is 0 Å². The van der Waals surface area contributed by atoms with Crippen LogP contribution in [0.5, 0.6) is 0 Å². The summed E-state index contributed by atoms with van der Waals surface area (Å²) in [6, 6.07) is 6.04. The molecule has 1 N–H and O–H groups in total. The fourth-order valence-electron chi connectivity index (χ4n) is 2.97. The molecule has 0 saturated carbocycles. The van der Waals surface area contributed by atoms with E-state index >= 15 is 0 Å². The molecule has 0 spiro atoms. The minimum atomic E-state index is -3.67. The van der Waals surface area contributed by atoms with Gasteiger partial charge in [0.25, 0.3) is 5.91 Å². The van der Waals surface area contributed by atoms with Gasteiger partial charge in [-0.1, -0.05) is 6.07 Å². The highest BCUT2D eigenvalue weighted by molar-refractivity contribution is 7.89. The van der Waals surface area contributed by atoms with Gasteiger partial charge in [0.05, 0.1) is 11.5 Å². The highest BCUT2D eigenvalue weighted by Gasteiger charge is 2.33. The lowest BCUT2D eigenvalue weighted by Gasteiger charge is -2.37. The van der Waals surface area contributed by atoms with Gasteiger partial charge in [-0.2, -0.15) is 4.31 Å². The van der Waals surface area contributed by atoms with Gasteiger partial charge in [0.2, 0.25) is 10.0 Å². The number of likely N-dealkylation sites (tertiary alicyclic amines) is 1. The number of likely N-dealkylation sites (N-methyl/N-ethyl adjacent to an activating group) is 1. The van der Waals surface area contributed by atoms with Crippen molar-refractivity contribution in [3.05, 3.63) is 29.8 Å². The normalized spacial score (nSPS) is 23.1. The van der Waals surface area contributed by atoms with E-state index in [4.69, 9.17) is 0 Å². The van der Waals surface area contributed by atoms with Crippen LogP contribution in [0.25, 0.3) is 0 Å². The van der Waals surface area contributed by atoms with Crippen molar-refractivity contribution in [2.24, 2.45) is 0 Å². The van der Waals surface area contributed by atoms with Crippen molar-refractivity contribution in [3.63, 3.8) is 0 Å². The average Bonchev–Trinajstić information content (AvgIpc) is 2.53. The molecule has 2 saturated heterocycles. The van der Waals surface area contributed by atoms with Crippen LogP contribution in [0, 0.1) is 0 Å². The number of aliphatic hydroxyl groups excluding tert-OH is 1. The largest absolute Gasteiger partial charge is 0.395 e. The quantitative estimate of drug-likeness (QED) is 0.813. The van der Waals surface area contributed by atoms with E-state index in [0.29, 0.717) is 18.7 Å². The van der Waals surface area contributed by atoms with Crippen LogP contribution in [-0.4, -0.2) is 86.0 Å². The molecular weight excluding hydrogens is 330 g/mol. The Balaban J connectivity index is 1.83. The minimum Gasteiger partial charge on any atom is -0.395 e. The van der Waals surface area contributed by atoms with Crippen LogP contribution in [0.4, 0.5) is 0 Å². The second kappa shape index (κ2) is 6.79. The van der Waals surface area contributed by atoms with Crippen molar-refractivity contribution < 1.29 is 18.3 Å². The van der Waals surface area contributed by atoms with Crippen molar-refractivity contribution >= 4 is 15.9 Å². The summed E-state index contributed by atoms with van der Waals surface area (Å²) in [7, 11) is -1.80. The van der Waals surface area contributed by atoms with E-state index in [0.717, 1.165) is 19.5 Å². The molecule has 132 valence electrons. The summed E-state index contributed by atoms with van der Waals surface area (Å²) in [5.41, 5.74) is 0.406. The van der Waals surface area contributed by atoms with Crippen molar-refractivity contribution in [2.45, 2.75) is 17.4 Å². The molecule has 0 radical (unpaired) electrons. The Labute approximate surface area is 142 Å². The lowest BCUT2D eigenvalue weighted by atomic mass is 10.1. The van der Waals surface area contributed by atoms with E-state index in [9.17, 15) is 18.3 Å². The van der Waals surface area contributed by atoms with Crippen LogP contribution in [0.1, 0.15) is 16.8 Å². The summed E-state index contributed by atoms with van der Waals surface area (Å²) >= 11 is 0. The minimum absolute atomic E-state index is 0.0873. The summed E-state index contributed by atoms with van der Waals surface area (Å²) in [6.07, 6.45) is 0.994. The van der Waals surface area contributed by atoms with E-state index in [2.05, 4.69) is 0 Å². The molecule has 1 atom stereocenters. The standard InChI is InChI=1S/C16H23N3O4S/c1-17-8-9-19(11-14(17)12-20)24(22,23)15-5-2-4-13(10-15)16(21)18-6-3-7-18/h2,4-5,10,14,20H,3,6-9,11-12H2,1H3/t14-/m0/s1. The fraction of sp³-hybridized carbons (Fsp3) is 0.562. The van der Waals surface area contributed by atoms with Gasteiger partial charge in [-0.25, -0.2) is 8.42 Å². The van der Waals surface area contributed by atoms with Gasteiger partial charge >= 0.3 is 0 Å². The van der Waals surface area contributed by atoms with Gasteiger partial charge in [0.15, 0.2) is 0 Å². The molecule has 0 aliphatic carbocycles. The summed E-state index contributed by atoms with van der Waals surface area (Å²) in [6.45, 7) is 2.56. The van der Waals surface area contributed by atoms with Crippen molar-refractivity contribution in [3.8, 4) is 0 Å². The van der Waals surface area contributed by atoms with E-state index in [-0.39, 0.29) is 30.0 Å². The maximum Gasteiger partial charge on any atom is 0.253 e. The molecule has 2 heterocycles. The predicted octanol–water partition coefficient (Wildman–Crippen LogP) is -0.170. The summed E-state index contributed by atoms with van der Waals surface area (Å²) < 4.78 is 27.2. The highest BCUT2D eigenvalue weighted by Crippen LogP contribution is 2.22. The molecule has 2 aliphatic heterocycles. The van der Waals surface area contributed by atoms with Gasteiger partial charge < -0.3 is 10.0 Å². The molecule has 7 nitrogen and oxygen atoms in total. The molecule has 1 aromatic rings. The Morgan fingerprint density at radius 1 is 1.25 bits per heavy atom. The van der Waals surface area contributed by atoms with Crippen molar-refractivity contribution in [1.82, 2.24) is 14.1 Å². The van der Waals surface area contributed by atoms with E-state index in [1.165, 1.54) is 16.4 Å². The Morgan fingerprint density at radius 2 is 2.00 bits per heavy atom. The lowest BCUT2D eigenvalue weighted by molar-refractivity contribution is 0.0651. The average molecular weight is 353 g/mol. The van der Waals surface area contributed by atoms with Gasteiger partial charge in [-0.05, 0) is 31.7 Å². The first-order valence-electron chi connectivity index (χ1n) is 8.14. The molecule has 0 bridgehead atoms. The first-order valence-corrected chi connectivity index (χ1v) is 9.58. The number of carbonyl (C=O) groups excluding carboxylic acids is 1. The molecule has 24 heavy (non-hydrogen) atoms. The highest BCUT2D eigenvalue weighted by atomic mass is 32.2. The Morgan fingerprint density at radius 3 is 2.62 bits per heavy atom. The molecular formula is C16H23N3O4S. The number of sulfonamides is 1. The fourth-order valence-corrected chi connectivity index (χ4v) is 4.49. The lowest BCUT2D eigenvalue weighted by Crippen LogP contribution is -2.54. The number of piperazine rings is 1. The van der Waals surface area contributed by atoms with Gasteiger partial charge in [0, 0.05) is 44.3 Å².